The number of nitrogens with two attached hydrogens (primary N) is 1. The van der Waals surface area contributed by atoms with Crippen molar-refractivity contribution in [1.82, 2.24) is 9.80 Å². The molecule has 186 valence electrons. The van der Waals surface area contributed by atoms with Gasteiger partial charge in [0.25, 0.3) is 0 Å². The molecular weight excluding hydrogens is 503 g/mol. The Morgan fingerprint density at radius 1 is 1.44 bits per heavy atom. The fourth-order valence-corrected chi connectivity index (χ4v) is 5.82. The van der Waals surface area contributed by atoms with Gasteiger partial charge >= 0.3 is 0 Å². The van der Waals surface area contributed by atoms with Crippen LogP contribution in [0, 0.1) is 24.1 Å². The van der Waals surface area contributed by atoms with E-state index in [-0.39, 0.29) is 40.5 Å². The van der Waals surface area contributed by atoms with Gasteiger partial charge in [-0.25, -0.2) is 4.39 Å². The minimum Gasteiger partial charge on any atom is -0.490 e. The van der Waals surface area contributed by atoms with Gasteiger partial charge < -0.3 is 20.3 Å². The Labute approximate surface area is 217 Å². The Bertz CT molecular complexity index is 1400. The molecule has 2 N–H and O–H groups in total. The monoisotopic (exact) mass is 526 g/mol. The number of hydrogen-bond donors (Lipinski definition) is 1. The average molecular weight is 527 g/mol. The minimum atomic E-state index is -0.638. The van der Waals surface area contributed by atoms with E-state index in [1.165, 1.54) is 17.4 Å². The van der Waals surface area contributed by atoms with Crippen LogP contribution in [0.1, 0.15) is 17.5 Å². The first-order valence-electron chi connectivity index (χ1n) is 11.3. The first kappa shape index (κ1) is 25.5. The fraction of sp³-hybridized carbons (Fsp3) is 0.269. The van der Waals surface area contributed by atoms with Crippen LogP contribution in [0.5, 0.6) is 5.75 Å². The molecule has 4 rings (SSSR count). The van der Waals surface area contributed by atoms with Crippen LogP contribution in [0.25, 0.3) is 21.2 Å². The maximum absolute atomic E-state index is 15.9. The predicted octanol–water partition coefficient (Wildman–Crippen LogP) is 4.75. The van der Waals surface area contributed by atoms with E-state index in [1.54, 1.807) is 34.9 Å². The van der Waals surface area contributed by atoms with Crippen molar-refractivity contribution in [2.24, 2.45) is 0 Å². The Morgan fingerprint density at radius 2 is 2.22 bits per heavy atom. The molecule has 2 aromatic carbocycles. The standard InChI is InChI=1S/C26H24ClFN4O3S/c1-3-21(34)31-8-9-32(14-33)16(13-31)7-10-35-25-15(2)11-19(27)23(24(25)28)17-5-4-6-20-22(17)18(12-29)26(30)36-20/h3-6,11,14,16H,1,7-10,13,30H2,2H3. The number of anilines is 1. The van der Waals surface area contributed by atoms with Crippen molar-refractivity contribution < 1.29 is 18.7 Å². The summed E-state index contributed by atoms with van der Waals surface area (Å²) < 4.78 is 22.6. The number of nitrogen functional groups attached to an aromatic ring is 1. The molecule has 1 unspecified atom stereocenters. The summed E-state index contributed by atoms with van der Waals surface area (Å²) in [4.78, 5) is 26.8. The van der Waals surface area contributed by atoms with Gasteiger partial charge in [-0.2, -0.15) is 5.26 Å². The molecule has 10 heteroatoms. The molecule has 1 saturated heterocycles. The zero-order chi connectivity index (χ0) is 26.0. The van der Waals surface area contributed by atoms with Gasteiger partial charge in [-0.3, -0.25) is 9.59 Å². The normalized spacial score (nSPS) is 15.6. The van der Waals surface area contributed by atoms with Crippen LogP contribution in [-0.2, 0) is 9.59 Å². The minimum absolute atomic E-state index is 0.0422. The van der Waals surface area contributed by atoms with Gasteiger partial charge in [0, 0.05) is 41.7 Å². The van der Waals surface area contributed by atoms with Gasteiger partial charge in [-0.15, -0.1) is 11.3 Å². The summed E-state index contributed by atoms with van der Waals surface area (Å²) in [5, 5.41) is 10.7. The predicted molar refractivity (Wildman–Crippen MR) is 140 cm³/mol. The summed E-state index contributed by atoms with van der Waals surface area (Å²) in [6, 6.07) is 8.75. The van der Waals surface area contributed by atoms with Crippen LogP contribution < -0.4 is 10.5 Å². The number of thiophene rings is 1. The highest BCUT2D eigenvalue weighted by molar-refractivity contribution is 7.23. The first-order valence-corrected chi connectivity index (χ1v) is 12.4. The largest absolute Gasteiger partial charge is 0.490 e. The van der Waals surface area contributed by atoms with Crippen LogP contribution >= 0.6 is 22.9 Å². The van der Waals surface area contributed by atoms with Crippen LogP contribution in [0.15, 0.2) is 36.9 Å². The summed E-state index contributed by atoms with van der Waals surface area (Å²) in [5.74, 6) is -0.795. The number of rotatable bonds is 7. The number of carbonyl (C=O) groups excluding carboxylic acids is 2. The van der Waals surface area contributed by atoms with E-state index in [4.69, 9.17) is 22.1 Å². The molecule has 1 atom stereocenters. The summed E-state index contributed by atoms with van der Waals surface area (Å²) >= 11 is 7.76. The third-order valence-corrected chi connectivity index (χ3v) is 7.61. The molecule has 0 radical (unpaired) electrons. The number of benzene rings is 2. The second kappa shape index (κ2) is 10.6. The van der Waals surface area contributed by atoms with Crippen LogP contribution in [0.4, 0.5) is 9.39 Å². The summed E-state index contributed by atoms with van der Waals surface area (Å²) in [6.07, 6.45) is 2.40. The van der Waals surface area contributed by atoms with Crippen molar-refractivity contribution in [3.05, 3.63) is 58.9 Å². The Morgan fingerprint density at radius 3 is 2.92 bits per heavy atom. The molecule has 1 fully saturated rings. The number of ether oxygens (including phenoxy) is 1. The lowest BCUT2D eigenvalue weighted by Crippen LogP contribution is -2.54. The molecule has 0 aliphatic carbocycles. The van der Waals surface area contributed by atoms with Crippen molar-refractivity contribution in [2.75, 3.05) is 32.0 Å². The second-order valence-electron chi connectivity index (χ2n) is 8.45. The van der Waals surface area contributed by atoms with E-state index in [0.29, 0.717) is 47.6 Å². The number of carbonyl (C=O) groups is 2. The van der Waals surface area contributed by atoms with Gasteiger partial charge in [-0.05, 0) is 36.3 Å². The molecule has 0 saturated carbocycles. The second-order valence-corrected chi connectivity index (χ2v) is 9.94. The SMILES string of the molecule is C=CC(=O)N1CCN(C=O)C(CCOc2c(C)cc(Cl)c(-c3cccc4sc(N)c(C#N)c34)c2F)C1. The molecule has 1 aliphatic heterocycles. The molecule has 0 spiro atoms. The summed E-state index contributed by atoms with van der Waals surface area (Å²) in [6.45, 7) is 6.51. The third kappa shape index (κ3) is 4.62. The highest BCUT2D eigenvalue weighted by atomic mass is 35.5. The lowest BCUT2D eigenvalue weighted by atomic mass is 9.97. The molecule has 2 amide bonds. The van der Waals surface area contributed by atoms with Crippen molar-refractivity contribution >= 4 is 50.3 Å². The Balaban J connectivity index is 1.63. The number of nitrogens with zero attached hydrogens (tertiary/aromatic N) is 3. The molecular formula is C26H24ClFN4O3S. The number of fused-ring (bicyclic) bond motifs is 1. The maximum Gasteiger partial charge on any atom is 0.246 e. The van der Waals surface area contributed by atoms with Crippen LogP contribution in [-0.4, -0.2) is 54.4 Å². The molecule has 3 aromatic rings. The van der Waals surface area contributed by atoms with Gasteiger partial charge in [0.2, 0.25) is 12.3 Å². The van der Waals surface area contributed by atoms with E-state index in [9.17, 15) is 14.9 Å². The lowest BCUT2D eigenvalue weighted by Gasteiger charge is -2.39. The summed E-state index contributed by atoms with van der Waals surface area (Å²) in [7, 11) is 0. The van der Waals surface area contributed by atoms with E-state index in [1.807, 2.05) is 6.07 Å². The molecule has 0 bridgehead atoms. The number of halogens is 2. The molecule has 36 heavy (non-hydrogen) atoms. The molecule has 7 nitrogen and oxygen atoms in total. The molecule has 1 aromatic heterocycles. The number of nitriles is 1. The average Bonchev–Trinajstić information content (AvgIpc) is 3.20. The lowest BCUT2D eigenvalue weighted by molar-refractivity contribution is -0.133. The Kier molecular flexibility index (Phi) is 7.48. The highest BCUT2D eigenvalue weighted by Gasteiger charge is 2.28. The zero-order valence-electron chi connectivity index (χ0n) is 19.6. The van der Waals surface area contributed by atoms with E-state index >= 15 is 4.39 Å². The van der Waals surface area contributed by atoms with Crippen LogP contribution in [0.3, 0.4) is 0 Å². The molecule has 1 aliphatic rings. The first-order chi connectivity index (χ1) is 17.3. The van der Waals surface area contributed by atoms with Crippen molar-refractivity contribution in [3.8, 4) is 22.9 Å². The molecule has 2 heterocycles. The van der Waals surface area contributed by atoms with E-state index < -0.39 is 5.82 Å². The van der Waals surface area contributed by atoms with Gasteiger partial charge in [0.1, 0.15) is 11.1 Å². The maximum atomic E-state index is 15.9. The van der Waals surface area contributed by atoms with Gasteiger partial charge in [-0.1, -0.05) is 30.3 Å². The number of piperazine rings is 1. The smallest absolute Gasteiger partial charge is 0.246 e. The quantitative estimate of drug-likeness (QED) is 0.354. The van der Waals surface area contributed by atoms with Crippen LogP contribution in [0.2, 0.25) is 5.02 Å². The zero-order valence-corrected chi connectivity index (χ0v) is 21.2. The van der Waals surface area contributed by atoms with Crippen molar-refractivity contribution in [2.45, 2.75) is 19.4 Å². The van der Waals surface area contributed by atoms with Gasteiger partial charge in [0.15, 0.2) is 11.6 Å². The number of aryl methyl sites for hydroxylation is 1. The number of hydrogen-bond acceptors (Lipinski definition) is 6. The third-order valence-electron chi connectivity index (χ3n) is 6.33. The van der Waals surface area contributed by atoms with Gasteiger partial charge in [0.05, 0.1) is 23.2 Å². The van der Waals surface area contributed by atoms with E-state index in [2.05, 4.69) is 12.6 Å². The number of amides is 2. The van der Waals surface area contributed by atoms with Crippen molar-refractivity contribution in [1.29, 1.82) is 5.26 Å². The fourth-order valence-electron chi connectivity index (χ4n) is 4.52. The van der Waals surface area contributed by atoms with Crippen molar-refractivity contribution in [3.63, 3.8) is 0 Å². The highest BCUT2D eigenvalue weighted by Crippen LogP contribution is 2.44. The topological polar surface area (TPSA) is 99.7 Å². The van der Waals surface area contributed by atoms with E-state index in [0.717, 1.165) is 11.1 Å². The summed E-state index contributed by atoms with van der Waals surface area (Å²) in [5.41, 5.74) is 7.41. The Hall–Kier alpha value is -3.61.